The Bertz CT molecular complexity index is 899. The molecular formula is C17H24FN3O9. The fourth-order valence-electron chi connectivity index (χ4n) is 2.59. The van der Waals surface area contributed by atoms with Crippen molar-refractivity contribution in [3.05, 3.63) is 33.1 Å². The number of hydrogen-bond acceptors (Lipinski definition) is 10. The molecule has 0 amide bonds. The summed E-state index contributed by atoms with van der Waals surface area (Å²) in [5, 5.41) is 22.9. The van der Waals surface area contributed by atoms with Crippen LogP contribution in [-0.2, 0) is 19.0 Å². The van der Waals surface area contributed by atoms with Gasteiger partial charge in [0, 0.05) is 18.8 Å². The molecule has 1 aliphatic heterocycles. The minimum absolute atomic E-state index is 0.133. The zero-order valence-electron chi connectivity index (χ0n) is 16.6. The summed E-state index contributed by atoms with van der Waals surface area (Å²) in [7, 11) is 1.60. The van der Waals surface area contributed by atoms with E-state index in [4.69, 9.17) is 14.2 Å². The van der Waals surface area contributed by atoms with E-state index in [2.05, 4.69) is 5.32 Å². The Labute approximate surface area is 169 Å². The van der Waals surface area contributed by atoms with E-state index in [9.17, 15) is 33.8 Å². The minimum atomic E-state index is -3.03. The van der Waals surface area contributed by atoms with Crippen LogP contribution in [-0.4, -0.2) is 76.3 Å². The van der Waals surface area contributed by atoms with E-state index in [0.29, 0.717) is 4.57 Å². The van der Waals surface area contributed by atoms with Gasteiger partial charge in [0.2, 0.25) is 0 Å². The van der Waals surface area contributed by atoms with Crippen LogP contribution in [0.1, 0.15) is 20.1 Å². The first-order valence-corrected chi connectivity index (χ1v) is 9.09. The number of aromatic nitrogens is 2. The average molecular weight is 433 g/mol. The number of hydrogen-bond donors (Lipinski definition) is 3. The van der Waals surface area contributed by atoms with Crippen molar-refractivity contribution in [3.8, 4) is 0 Å². The number of aliphatic hydroxyl groups excluding tert-OH is 2. The van der Waals surface area contributed by atoms with Crippen LogP contribution < -0.4 is 16.6 Å². The van der Waals surface area contributed by atoms with E-state index < -0.39 is 60.1 Å². The van der Waals surface area contributed by atoms with Crippen LogP contribution in [0.25, 0.3) is 0 Å². The van der Waals surface area contributed by atoms with Crippen LogP contribution in [0, 0.1) is 5.92 Å². The number of esters is 1. The molecular weight excluding hydrogens is 409 g/mol. The summed E-state index contributed by atoms with van der Waals surface area (Å²) >= 11 is 0. The Balaban J connectivity index is 2.30. The van der Waals surface area contributed by atoms with Gasteiger partial charge in [0.25, 0.3) is 11.4 Å². The number of nitrogens with one attached hydrogen (secondary N) is 1. The summed E-state index contributed by atoms with van der Waals surface area (Å²) in [6.07, 6.45) is -6.38. The second-order valence-corrected chi connectivity index (χ2v) is 6.89. The lowest BCUT2D eigenvalue weighted by Gasteiger charge is -2.23. The van der Waals surface area contributed by atoms with Crippen molar-refractivity contribution in [2.75, 3.05) is 26.8 Å². The van der Waals surface area contributed by atoms with Crippen LogP contribution in [0.3, 0.4) is 0 Å². The van der Waals surface area contributed by atoms with Crippen molar-refractivity contribution in [2.45, 2.75) is 38.1 Å². The second-order valence-electron chi connectivity index (χ2n) is 6.89. The van der Waals surface area contributed by atoms with E-state index in [0.717, 1.165) is 12.3 Å². The lowest BCUT2D eigenvalue weighted by atomic mass is 10.1. The number of carbonyl (C=O) groups is 2. The highest BCUT2D eigenvalue weighted by Crippen LogP contribution is 2.38. The van der Waals surface area contributed by atoms with Gasteiger partial charge in [-0.2, -0.15) is 4.57 Å². The Morgan fingerprint density at radius 2 is 2.00 bits per heavy atom. The van der Waals surface area contributed by atoms with Gasteiger partial charge >= 0.3 is 17.8 Å². The van der Waals surface area contributed by atoms with Crippen molar-refractivity contribution >= 4 is 12.1 Å². The number of nitrogens with zero attached hydrogens (tertiary/aromatic N) is 2. The van der Waals surface area contributed by atoms with E-state index in [1.54, 1.807) is 7.05 Å². The molecule has 0 radical (unpaired) electrons. The molecule has 3 N–H and O–H groups in total. The van der Waals surface area contributed by atoms with Crippen LogP contribution in [0.2, 0.25) is 0 Å². The van der Waals surface area contributed by atoms with Gasteiger partial charge in [0.1, 0.15) is 18.8 Å². The number of ether oxygens (including phenoxy) is 3. The molecule has 30 heavy (non-hydrogen) atoms. The molecule has 0 saturated carbocycles. The van der Waals surface area contributed by atoms with Gasteiger partial charge in [0.05, 0.1) is 5.92 Å². The van der Waals surface area contributed by atoms with E-state index >= 15 is 0 Å². The Hall–Kier alpha value is -2.61. The molecule has 0 aromatic carbocycles. The molecule has 168 valence electrons. The molecule has 1 fully saturated rings. The molecule has 1 saturated heterocycles. The van der Waals surface area contributed by atoms with Crippen LogP contribution >= 0.6 is 0 Å². The molecule has 0 bridgehead atoms. The van der Waals surface area contributed by atoms with Gasteiger partial charge in [0.15, 0.2) is 12.8 Å². The molecule has 1 aromatic heterocycles. The van der Waals surface area contributed by atoms with E-state index in [1.807, 2.05) is 0 Å². The topological polar surface area (TPSA) is 158 Å². The van der Waals surface area contributed by atoms with Crippen molar-refractivity contribution < 1.29 is 38.4 Å². The standard InChI is InChI=1S/C17H24FN3O9/c1-9(2)14(25)29-8-17(18)12(24)11(23)13(30-17)20-6-4-10(22)21(15(20)26)16(27)28-7-5-19-3/h4,6,9,11-13,19,23-24H,5,7-8H2,1-3H3/t11-,12+,13-,17-/m1/s1. The predicted octanol–water partition coefficient (Wildman–Crippen LogP) is -1.67. The quantitative estimate of drug-likeness (QED) is 0.335. The zero-order chi connectivity index (χ0) is 22.6. The molecule has 12 nitrogen and oxygen atoms in total. The molecule has 2 rings (SSSR count). The van der Waals surface area contributed by atoms with Crippen molar-refractivity contribution in [2.24, 2.45) is 5.92 Å². The maximum atomic E-state index is 15.0. The predicted molar refractivity (Wildman–Crippen MR) is 97.4 cm³/mol. The SMILES string of the molecule is CNCCOC(=O)n1c(=O)ccn([C@@H]2O[C@](F)(COC(=O)C(C)C)[C@@H](O)[C@H]2O)c1=O. The van der Waals surface area contributed by atoms with Gasteiger partial charge in [-0.15, -0.1) is 0 Å². The van der Waals surface area contributed by atoms with Gasteiger partial charge in [-0.1, -0.05) is 13.8 Å². The third-order valence-electron chi connectivity index (χ3n) is 4.30. The maximum absolute atomic E-state index is 15.0. The summed E-state index contributed by atoms with van der Waals surface area (Å²) in [4.78, 5) is 48.2. The summed E-state index contributed by atoms with van der Waals surface area (Å²) in [6.45, 7) is 2.10. The highest BCUT2D eigenvalue weighted by Gasteiger charge is 2.57. The van der Waals surface area contributed by atoms with Gasteiger partial charge in [-0.3, -0.25) is 14.2 Å². The molecule has 1 aromatic rings. The zero-order valence-corrected chi connectivity index (χ0v) is 16.6. The molecule has 0 aliphatic carbocycles. The summed E-state index contributed by atoms with van der Waals surface area (Å²) in [5.41, 5.74) is -2.30. The van der Waals surface area contributed by atoms with Crippen molar-refractivity contribution in [3.63, 3.8) is 0 Å². The molecule has 0 spiro atoms. The molecule has 0 unspecified atom stereocenters. The molecule has 13 heteroatoms. The second kappa shape index (κ2) is 9.47. The number of carbonyl (C=O) groups excluding carboxylic acids is 2. The van der Waals surface area contributed by atoms with E-state index in [1.165, 1.54) is 13.8 Å². The van der Waals surface area contributed by atoms with Gasteiger partial charge in [-0.05, 0) is 7.05 Å². The number of rotatable bonds is 7. The van der Waals surface area contributed by atoms with Crippen LogP contribution in [0.4, 0.5) is 9.18 Å². The van der Waals surface area contributed by atoms with Crippen LogP contribution in [0.15, 0.2) is 21.9 Å². The third kappa shape index (κ3) is 4.75. The normalized spacial score (nSPS) is 26.0. The Kier molecular flexibility index (Phi) is 7.47. The third-order valence-corrected chi connectivity index (χ3v) is 4.30. The molecule has 4 atom stereocenters. The van der Waals surface area contributed by atoms with E-state index in [-0.39, 0.29) is 17.7 Å². The van der Waals surface area contributed by atoms with Crippen LogP contribution in [0.5, 0.6) is 0 Å². The van der Waals surface area contributed by atoms with Crippen molar-refractivity contribution in [1.82, 2.24) is 14.5 Å². The number of halogens is 1. The first kappa shape index (κ1) is 23.7. The highest BCUT2D eigenvalue weighted by molar-refractivity contribution is 5.71. The average Bonchev–Trinajstić information content (AvgIpc) is 2.91. The maximum Gasteiger partial charge on any atom is 0.425 e. The summed E-state index contributed by atoms with van der Waals surface area (Å²) in [6, 6.07) is 0.806. The number of likely N-dealkylation sites (N-methyl/N-ethyl adjacent to an activating group) is 1. The molecule has 2 heterocycles. The summed E-state index contributed by atoms with van der Waals surface area (Å²) in [5.74, 6) is -4.37. The molecule has 1 aliphatic rings. The Morgan fingerprint density at radius 3 is 2.60 bits per heavy atom. The lowest BCUT2D eigenvalue weighted by molar-refractivity contribution is -0.218. The smallest absolute Gasteiger partial charge is 0.425 e. The van der Waals surface area contributed by atoms with Gasteiger partial charge in [-0.25, -0.2) is 14.0 Å². The number of aliphatic hydroxyl groups is 2. The largest absolute Gasteiger partial charge is 0.459 e. The van der Waals surface area contributed by atoms with Gasteiger partial charge < -0.3 is 29.7 Å². The fourth-order valence-corrected chi connectivity index (χ4v) is 2.59. The lowest BCUT2D eigenvalue weighted by Crippen LogP contribution is -2.46. The highest BCUT2D eigenvalue weighted by atomic mass is 19.2. The monoisotopic (exact) mass is 433 g/mol. The fraction of sp³-hybridized carbons (Fsp3) is 0.647. The first-order chi connectivity index (χ1) is 14.0. The first-order valence-electron chi connectivity index (χ1n) is 9.09. The minimum Gasteiger partial charge on any atom is -0.459 e. The van der Waals surface area contributed by atoms with Crippen molar-refractivity contribution in [1.29, 1.82) is 0 Å². The Morgan fingerprint density at radius 1 is 1.33 bits per heavy atom. The number of alkyl halides is 1. The summed E-state index contributed by atoms with van der Waals surface area (Å²) < 4.78 is 30.2.